The SMILES string of the molecule is CC1(C)OC(C)(C)C(C)(C)C(C)(C)O1. The zero-order chi connectivity index (χ0) is 11.4. The number of rotatable bonds is 0. The fraction of sp³-hybridized carbons (Fsp3) is 1.00. The Balaban J connectivity index is 3.13. The zero-order valence-electron chi connectivity index (χ0n) is 10.8. The lowest BCUT2D eigenvalue weighted by atomic mass is 9.65. The van der Waals surface area contributed by atoms with Crippen LogP contribution in [0.5, 0.6) is 0 Å². The van der Waals surface area contributed by atoms with Crippen molar-refractivity contribution in [2.45, 2.75) is 72.4 Å². The molecule has 0 atom stereocenters. The van der Waals surface area contributed by atoms with Gasteiger partial charge in [0.15, 0.2) is 5.79 Å². The molecule has 0 N–H and O–H groups in total. The largest absolute Gasteiger partial charge is 0.344 e. The minimum atomic E-state index is -0.498. The van der Waals surface area contributed by atoms with Crippen molar-refractivity contribution in [1.82, 2.24) is 0 Å². The summed E-state index contributed by atoms with van der Waals surface area (Å²) in [5, 5.41) is 0. The first-order chi connectivity index (χ1) is 5.91. The van der Waals surface area contributed by atoms with Crippen LogP contribution in [0.1, 0.15) is 55.4 Å². The molecule has 0 spiro atoms. The minimum absolute atomic E-state index is 0.0183. The van der Waals surface area contributed by atoms with Gasteiger partial charge < -0.3 is 9.47 Å². The highest BCUT2D eigenvalue weighted by Crippen LogP contribution is 2.52. The summed E-state index contributed by atoms with van der Waals surface area (Å²) in [7, 11) is 0. The van der Waals surface area contributed by atoms with Crippen LogP contribution in [-0.2, 0) is 9.47 Å². The topological polar surface area (TPSA) is 18.5 Å². The molecule has 0 amide bonds. The first-order valence-corrected chi connectivity index (χ1v) is 5.32. The van der Waals surface area contributed by atoms with Crippen molar-refractivity contribution in [3.8, 4) is 0 Å². The quantitative estimate of drug-likeness (QED) is 0.597. The first-order valence-electron chi connectivity index (χ1n) is 5.32. The molecule has 1 aliphatic heterocycles. The molecule has 1 fully saturated rings. The fourth-order valence-corrected chi connectivity index (χ4v) is 2.23. The summed E-state index contributed by atoms with van der Waals surface area (Å²) in [6.45, 7) is 16.9. The highest BCUT2D eigenvalue weighted by Gasteiger charge is 2.57. The Morgan fingerprint density at radius 3 is 1.14 bits per heavy atom. The molecular formula is C12H24O2. The van der Waals surface area contributed by atoms with E-state index in [4.69, 9.17) is 9.47 Å². The van der Waals surface area contributed by atoms with E-state index in [1.807, 2.05) is 13.8 Å². The standard InChI is InChI=1S/C12H24O2/c1-9(2)10(3,4)13-12(7,8)14-11(9,5)6/h1-8H3. The van der Waals surface area contributed by atoms with Gasteiger partial charge in [0.1, 0.15) is 0 Å². The van der Waals surface area contributed by atoms with Gasteiger partial charge in [0, 0.05) is 5.41 Å². The third-order valence-electron chi connectivity index (χ3n) is 4.01. The van der Waals surface area contributed by atoms with Crippen molar-refractivity contribution in [2.75, 3.05) is 0 Å². The van der Waals surface area contributed by atoms with E-state index in [2.05, 4.69) is 41.5 Å². The van der Waals surface area contributed by atoms with Gasteiger partial charge in [0.25, 0.3) is 0 Å². The number of hydrogen-bond donors (Lipinski definition) is 0. The van der Waals surface area contributed by atoms with E-state index >= 15 is 0 Å². The number of ether oxygens (including phenoxy) is 2. The molecule has 2 heteroatoms. The average Bonchev–Trinajstić information content (AvgIpc) is 1.77. The van der Waals surface area contributed by atoms with E-state index in [9.17, 15) is 0 Å². The molecule has 2 nitrogen and oxygen atoms in total. The molecule has 0 radical (unpaired) electrons. The molecule has 0 saturated carbocycles. The summed E-state index contributed by atoms with van der Waals surface area (Å²) >= 11 is 0. The van der Waals surface area contributed by atoms with E-state index < -0.39 is 5.79 Å². The van der Waals surface area contributed by atoms with Crippen molar-refractivity contribution in [2.24, 2.45) is 5.41 Å². The molecule has 1 aliphatic rings. The predicted molar refractivity (Wildman–Crippen MR) is 58.2 cm³/mol. The van der Waals surface area contributed by atoms with Crippen LogP contribution in [0, 0.1) is 5.41 Å². The Labute approximate surface area is 88.0 Å². The van der Waals surface area contributed by atoms with Gasteiger partial charge in [0.2, 0.25) is 0 Å². The lowest BCUT2D eigenvalue weighted by molar-refractivity contribution is -0.397. The Bertz CT molecular complexity index is 215. The van der Waals surface area contributed by atoms with Crippen LogP contribution in [0.15, 0.2) is 0 Å². The van der Waals surface area contributed by atoms with Gasteiger partial charge in [-0.15, -0.1) is 0 Å². The van der Waals surface area contributed by atoms with Gasteiger partial charge in [-0.2, -0.15) is 0 Å². The molecule has 0 aromatic heterocycles. The molecular weight excluding hydrogens is 176 g/mol. The maximum atomic E-state index is 5.99. The summed E-state index contributed by atoms with van der Waals surface area (Å²) in [6, 6.07) is 0. The van der Waals surface area contributed by atoms with E-state index in [1.165, 1.54) is 0 Å². The number of hydrogen-bond acceptors (Lipinski definition) is 2. The Kier molecular flexibility index (Phi) is 2.34. The van der Waals surface area contributed by atoms with Crippen LogP contribution >= 0.6 is 0 Å². The minimum Gasteiger partial charge on any atom is -0.344 e. The predicted octanol–water partition coefficient (Wildman–Crippen LogP) is 3.35. The van der Waals surface area contributed by atoms with E-state index in [0.717, 1.165) is 0 Å². The first kappa shape index (κ1) is 12.0. The summed E-state index contributed by atoms with van der Waals surface area (Å²) in [6.07, 6.45) is 0. The van der Waals surface area contributed by atoms with Crippen LogP contribution < -0.4 is 0 Å². The summed E-state index contributed by atoms with van der Waals surface area (Å²) in [5.41, 5.74) is -0.383. The maximum absolute atomic E-state index is 5.99. The van der Waals surface area contributed by atoms with Gasteiger partial charge in [-0.3, -0.25) is 0 Å². The van der Waals surface area contributed by atoms with Gasteiger partial charge >= 0.3 is 0 Å². The second kappa shape index (κ2) is 2.73. The van der Waals surface area contributed by atoms with Crippen molar-refractivity contribution in [3.05, 3.63) is 0 Å². The fourth-order valence-electron chi connectivity index (χ4n) is 2.23. The molecule has 84 valence electrons. The second-order valence-corrected chi connectivity index (χ2v) is 6.25. The van der Waals surface area contributed by atoms with Gasteiger partial charge in [0.05, 0.1) is 11.2 Å². The molecule has 0 bridgehead atoms. The molecule has 1 rings (SSSR count). The Morgan fingerprint density at radius 2 is 0.857 bits per heavy atom. The summed E-state index contributed by atoms with van der Waals surface area (Å²) < 4.78 is 12.0. The Morgan fingerprint density at radius 1 is 0.571 bits per heavy atom. The molecule has 1 saturated heterocycles. The molecule has 14 heavy (non-hydrogen) atoms. The van der Waals surface area contributed by atoms with Crippen molar-refractivity contribution < 1.29 is 9.47 Å². The van der Waals surface area contributed by atoms with Gasteiger partial charge in [-0.05, 0) is 41.5 Å². The van der Waals surface area contributed by atoms with Crippen molar-refractivity contribution in [1.29, 1.82) is 0 Å². The lowest BCUT2D eigenvalue weighted by Crippen LogP contribution is -2.65. The van der Waals surface area contributed by atoms with Crippen LogP contribution in [0.2, 0.25) is 0 Å². The lowest BCUT2D eigenvalue weighted by Gasteiger charge is -2.60. The van der Waals surface area contributed by atoms with E-state index in [0.29, 0.717) is 0 Å². The molecule has 0 aromatic rings. The average molecular weight is 200 g/mol. The molecule has 0 aromatic carbocycles. The van der Waals surface area contributed by atoms with E-state index in [1.54, 1.807) is 0 Å². The van der Waals surface area contributed by atoms with Crippen molar-refractivity contribution >= 4 is 0 Å². The monoisotopic (exact) mass is 200 g/mol. The highest BCUT2D eigenvalue weighted by atomic mass is 16.7. The third kappa shape index (κ3) is 1.59. The van der Waals surface area contributed by atoms with E-state index in [-0.39, 0.29) is 16.6 Å². The zero-order valence-corrected chi connectivity index (χ0v) is 10.8. The Hall–Kier alpha value is -0.0800. The smallest absolute Gasteiger partial charge is 0.164 e. The van der Waals surface area contributed by atoms with Crippen LogP contribution in [0.25, 0.3) is 0 Å². The highest BCUT2D eigenvalue weighted by molar-refractivity contribution is 5.03. The second-order valence-electron chi connectivity index (χ2n) is 6.25. The molecule has 0 aliphatic carbocycles. The maximum Gasteiger partial charge on any atom is 0.164 e. The van der Waals surface area contributed by atoms with Gasteiger partial charge in [-0.25, -0.2) is 0 Å². The summed E-state index contributed by atoms with van der Waals surface area (Å²) in [5.74, 6) is -0.498. The third-order valence-corrected chi connectivity index (χ3v) is 4.01. The molecule has 1 heterocycles. The van der Waals surface area contributed by atoms with Gasteiger partial charge in [-0.1, -0.05) is 13.8 Å². The van der Waals surface area contributed by atoms with Crippen LogP contribution in [0.4, 0.5) is 0 Å². The van der Waals surface area contributed by atoms with Crippen molar-refractivity contribution in [3.63, 3.8) is 0 Å². The molecule has 0 unspecified atom stereocenters. The van der Waals surface area contributed by atoms with Crippen LogP contribution in [-0.4, -0.2) is 17.0 Å². The normalized spacial score (nSPS) is 32.6. The summed E-state index contributed by atoms with van der Waals surface area (Å²) in [4.78, 5) is 0. The van der Waals surface area contributed by atoms with Crippen LogP contribution in [0.3, 0.4) is 0 Å².